The summed E-state index contributed by atoms with van der Waals surface area (Å²) >= 11 is 0. The normalized spacial score (nSPS) is 18.8. The average Bonchev–Trinajstić information content (AvgIpc) is 2.58. The lowest BCUT2D eigenvalue weighted by molar-refractivity contribution is -0.000116. The Morgan fingerprint density at radius 2 is 2.14 bits per heavy atom. The number of ether oxygens (including phenoxy) is 1. The van der Waals surface area contributed by atoms with Gasteiger partial charge in [0.2, 0.25) is 0 Å². The van der Waals surface area contributed by atoms with Gasteiger partial charge in [-0.1, -0.05) is 0 Å². The summed E-state index contributed by atoms with van der Waals surface area (Å²) in [5, 5.41) is 4.16. The maximum Gasteiger partial charge on any atom is 0.410 e. The first kappa shape index (κ1) is 15.6. The van der Waals surface area contributed by atoms with Crippen LogP contribution in [0.25, 0.3) is 0 Å². The third-order valence-electron chi connectivity index (χ3n) is 2.83. The van der Waals surface area contributed by atoms with Crippen LogP contribution < -0.4 is 4.72 Å². The smallest absolute Gasteiger partial charge is 0.410 e. The Morgan fingerprint density at radius 3 is 2.67 bits per heavy atom. The number of carbonyl (C=O) groups excluding carboxylic acids is 1. The molecule has 1 saturated heterocycles. The molecule has 0 spiro atoms. The van der Waals surface area contributed by atoms with E-state index in [2.05, 4.69) is 9.82 Å². The first-order valence-electron chi connectivity index (χ1n) is 6.58. The lowest BCUT2D eigenvalue weighted by Crippen LogP contribution is -2.52. The maximum absolute atomic E-state index is 11.9. The van der Waals surface area contributed by atoms with Gasteiger partial charge in [-0.15, -0.1) is 0 Å². The molecule has 1 amide bonds. The number of nitrogens with one attached hydrogen (secondary N) is 2. The molecule has 2 rings (SSSR count). The Bertz CT molecular complexity index is 626. The predicted octanol–water partition coefficient (Wildman–Crippen LogP) is 1.68. The second-order valence-corrected chi connectivity index (χ2v) is 8.04. The van der Waals surface area contributed by atoms with E-state index < -0.39 is 15.5 Å². The zero-order valence-electron chi connectivity index (χ0n) is 12.6. The van der Waals surface area contributed by atoms with Gasteiger partial charge in [-0.25, -0.2) is 18.5 Å². The number of amides is 1. The van der Waals surface area contributed by atoms with Gasteiger partial charge >= 0.3 is 6.09 Å². The van der Waals surface area contributed by atoms with Gasteiger partial charge in [-0.3, -0.25) is 4.72 Å². The summed E-state index contributed by atoms with van der Waals surface area (Å²) < 4.78 is 28.5. The van der Waals surface area contributed by atoms with E-state index in [1.165, 1.54) is 6.26 Å². The lowest BCUT2D eigenvalue weighted by atomic mass is 10.1. The molecule has 2 heterocycles. The second-order valence-electron chi connectivity index (χ2n) is 6.15. The molecule has 1 fully saturated rings. The van der Waals surface area contributed by atoms with Crippen LogP contribution in [0.1, 0.15) is 26.8 Å². The Kier molecular flexibility index (Phi) is 3.87. The molecule has 0 bridgehead atoms. The van der Waals surface area contributed by atoms with E-state index in [-0.39, 0.29) is 12.1 Å². The topological polar surface area (TPSA) is 100 Å². The van der Waals surface area contributed by atoms with Crippen molar-refractivity contribution in [2.75, 3.05) is 24.1 Å². The fourth-order valence-electron chi connectivity index (χ4n) is 1.97. The van der Waals surface area contributed by atoms with Gasteiger partial charge in [0.25, 0.3) is 0 Å². The van der Waals surface area contributed by atoms with Crippen molar-refractivity contribution >= 4 is 21.8 Å². The van der Waals surface area contributed by atoms with E-state index in [9.17, 15) is 9.00 Å². The Hall–Kier alpha value is -1.77. The standard InChI is InChI=1S/C12H21N5O3S/c1-12(2,3)20-11(18)16-7-9(8-16)17-10(5-6-14-17)15-21(4,13)19/h5-6,9H,7-8H2,1-4H3,(H2,13,15,19). The van der Waals surface area contributed by atoms with Crippen molar-refractivity contribution in [2.24, 2.45) is 0 Å². The van der Waals surface area contributed by atoms with E-state index >= 15 is 0 Å². The van der Waals surface area contributed by atoms with Crippen LogP contribution in [0.5, 0.6) is 0 Å². The predicted molar refractivity (Wildman–Crippen MR) is 79.5 cm³/mol. The molecule has 1 aromatic heterocycles. The number of likely N-dealkylation sites (tertiary alicyclic amines) is 1. The molecule has 1 atom stereocenters. The summed E-state index contributed by atoms with van der Waals surface area (Å²) in [6, 6.07) is 1.66. The molecule has 1 aliphatic heterocycles. The number of hydrogen-bond acceptors (Lipinski definition) is 5. The molecule has 2 N–H and O–H groups in total. The largest absolute Gasteiger partial charge is 0.444 e. The molecule has 0 saturated carbocycles. The lowest BCUT2D eigenvalue weighted by Gasteiger charge is -2.40. The van der Waals surface area contributed by atoms with E-state index in [0.29, 0.717) is 18.9 Å². The van der Waals surface area contributed by atoms with E-state index in [1.54, 1.807) is 21.8 Å². The third kappa shape index (κ3) is 4.10. The summed E-state index contributed by atoms with van der Waals surface area (Å²) in [5.41, 5.74) is -0.514. The molecule has 0 aromatic carbocycles. The quantitative estimate of drug-likeness (QED) is 0.886. The molecular weight excluding hydrogens is 294 g/mol. The van der Waals surface area contributed by atoms with Crippen LogP contribution in [0.3, 0.4) is 0 Å². The molecule has 1 aliphatic rings. The van der Waals surface area contributed by atoms with Crippen LogP contribution >= 0.6 is 0 Å². The molecule has 0 radical (unpaired) electrons. The number of anilines is 1. The second kappa shape index (κ2) is 5.21. The molecule has 8 nitrogen and oxygen atoms in total. The number of nitrogens with zero attached hydrogens (tertiary/aromatic N) is 3. The molecule has 0 aliphatic carbocycles. The van der Waals surface area contributed by atoms with Crippen molar-refractivity contribution < 1.29 is 13.7 Å². The average molecular weight is 315 g/mol. The Morgan fingerprint density at radius 1 is 1.52 bits per heavy atom. The van der Waals surface area contributed by atoms with Crippen LogP contribution in [-0.4, -0.2) is 49.9 Å². The molecule has 9 heteroatoms. The SMILES string of the molecule is CC(C)(C)OC(=O)N1CC(n2nccc2NS(C)(=N)=O)C1. The summed E-state index contributed by atoms with van der Waals surface area (Å²) in [4.78, 5) is 13.4. The number of aromatic nitrogens is 2. The summed E-state index contributed by atoms with van der Waals surface area (Å²) in [7, 11) is -2.86. The van der Waals surface area contributed by atoms with E-state index in [0.717, 1.165) is 0 Å². The molecule has 118 valence electrons. The number of carbonyl (C=O) groups is 1. The molecule has 1 unspecified atom stereocenters. The van der Waals surface area contributed by atoms with Gasteiger partial charge in [0.1, 0.15) is 21.3 Å². The monoisotopic (exact) mass is 315 g/mol. The first-order valence-corrected chi connectivity index (χ1v) is 8.55. The number of rotatable bonds is 3. The molecule has 1 aromatic rings. The van der Waals surface area contributed by atoms with Gasteiger partial charge in [-0.2, -0.15) is 5.10 Å². The number of hydrogen-bond donors (Lipinski definition) is 2. The third-order valence-corrected chi connectivity index (χ3v) is 3.43. The fourth-order valence-corrected chi connectivity index (χ4v) is 2.53. The first-order chi connectivity index (χ1) is 9.55. The minimum atomic E-state index is -2.86. The van der Waals surface area contributed by atoms with E-state index in [1.807, 2.05) is 20.8 Å². The van der Waals surface area contributed by atoms with Gasteiger partial charge in [-0.05, 0) is 20.8 Å². The van der Waals surface area contributed by atoms with Crippen molar-refractivity contribution in [2.45, 2.75) is 32.4 Å². The highest BCUT2D eigenvalue weighted by Crippen LogP contribution is 2.26. The van der Waals surface area contributed by atoms with Gasteiger partial charge in [0.05, 0.1) is 12.2 Å². The zero-order valence-corrected chi connectivity index (χ0v) is 13.4. The van der Waals surface area contributed by atoms with Gasteiger partial charge < -0.3 is 9.64 Å². The van der Waals surface area contributed by atoms with Crippen molar-refractivity contribution in [3.8, 4) is 0 Å². The Balaban J connectivity index is 1.96. The van der Waals surface area contributed by atoms with E-state index in [4.69, 9.17) is 9.52 Å². The summed E-state index contributed by atoms with van der Waals surface area (Å²) in [5.74, 6) is 0.520. The minimum Gasteiger partial charge on any atom is -0.444 e. The summed E-state index contributed by atoms with van der Waals surface area (Å²) in [6.07, 6.45) is 2.53. The van der Waals surface area contributed by atoms with Crippen molar-refractivity contribution in [3.63, 3.8) is 0 Å². The van der Waals surface area contributed by atoms with Crippen LogP contribution in [0.4, 0.5) is 10.6 Å². The van der Waals surface area contributed by atoms with Crippen molar-refractivity contribution in [1.29, 1.82) is 4.78 Å². The highest BCUT2D eigenvalue weighted by molar-refractivity contribution is 7.93. The maximum atomic E-state index is 11.9. The van der Waals surface area contributed by atoms with Gasteiger partial charge in [0, 0.05) is 25.4 Å². The van der Waals surface area contributed by atoms with Gasteiger partial charge in [0.15, 0.2) is 0 Å². The van der Waals surface area contributed by atoms with Crippen molar-refractivity contribution in [1.82, 2.24) is 14.7 Å². The zero-order chi connectivity index (χ0) is 15.8. The van der Waals surface area contributed by atoms with Crippen LogP contribution in [-0.2, 0) is 14.7 Å². The van der Waals surface area contributed by atoms with Crippen LogP contribution in [0, 0.1) is 4.78 Å². The van der Waals surface area contributed by atoms with Crippen LogP contribution in [0.2, 0.25) is 0 Å². The van der Waals surface area contributed by atoms with Crippen molar-refractivity contribution in [3.05, 3.63) is 12.3 Å². The minimum absolute atomic E-state index is 0.00299. The highest BCUT2D eigenvalue weighted by atomic mass is 32.2. The molecule has 21 heavy (non-hydrogen) atoms. The highest BCUT2D eigenvalue weighted by Gasteiger charge is 2.36. The Labute approximate surface area is 124 Å². The fraction of sp³-hybridized carbons (Fsp3) is 0.667. The van der Waals surface area contributed by atoms with Crippen LogP contribution in [0.15, 0.2) is 12.3 Å². The molecular formula is C12H21N5O3S. The summed E-state index contributed by atoms with van der Waals surface area (Å²) in [6.45, 7) is 6.43.